The number of carboxylic acid groups (broad SMARTS) is 1. The fraction of sp³-hybridized carbons (Fsp3) is 0.900. The topological polar surface area (TPSA) is 63.6 Å². The number of carbonyl (C=O) groups excluding carboxylic acids is 1. The quantitative estimate of drug-likeness (QED) is 0.228. The van der Waals surface area contributed by atoms with Crippen molar-refractivity contribution in [3.8, 4) is 0 Å². The summed E-state index contributed by atoms with van der Waals surface area (Å²) in [5.41, 5.74) is 0. The van der Waals surface area contributed by atoms with E-state index in [0.717, 1.165) is 24.6 Å². The van der Waals surface area contributed by atoms with Gasteiger partial charge in [0.25, 0.3) is 0 Å². The number of carbonyl (C=O) groups is 2. The Labute approximate surface area is 158 Å². The van der Waals surface area contributed by atoms with Crippen LogP contribution in [0, 0.1) is 0 Å². The van der Waals surface area contributed by atoms with Crippen LogP contribution in [0.4, 0.5) is 0 Å². The molecule has 0 saturated heterocycles. The zero-order valence-electron chi connectivity index (χ0n) is 16.1. The lowest BCUT2D eigenvalue weighted by atomic mass is 10.0. The van der Waals surface area contributed by atoms with Gasteiger partial charge < -0.3 is 9.84 Å². The molecule has 4 nitrogen and oxygen atoms in total. The molecule has 0 radical (unpaired) electrons. The third kappa shape index (κ3) is 21.2. The highest BCUT2D eigenvalue weighted by molar-refractivity contribution is 8.00. The third-order valence-electron chi connectivity index (χ3n) is 4.21. The molecule has 0 bridgehead atoms. The van der Waals surface area contributed by atoms with Crippen molar-refractivity contribution < 1.29 is 19.4 Å². The maximum absolute atomic E-state index is 11.3. The molecule has 0 aromatic rings. The Morgan fingerprint density at radius 3 is 1.60 bits per heavy atom. The van der Waals surface area contributed by atoms with Crippen LogP contribution >= 0.6 is 11.8 Å². The van der Waals surface area contributed by atoms with Crippen LogP contribution in [0.15, 0.2) is 0 Å². The van der Waals surface area contributed by atoms with Crippen LogP contribution in [0.1, 0.15) is 96.8 Å². The molecule has 0 aliphatic heterocycles. The second-order valence-electron chi connectivity index (χ2n) is 6.70. The van der Waals surface area contributed by atoms with E-state index in [1.807, 2.05) is 0 Å². The van der Waals surface area contributed by atoms with Gasteiger partial charge >= 0.3 is 11.9 Å². The Hall–Kier alpha value is -0.710. The van der Waals surface area contributed by atoms with E-state index in [9.17, 15) is 9.59 Å². The van der Waals surface area contributed by atoms with Gasteiger partial charge in [-0.05, 0) is 6.42 Å². The van der Waals surface area contributed by atoms with Crippen LogP contribution in [-0.4, -0.2) is 35.2 Å². The summed E-state index contributed by atoms with van der Waals surface area (Å²) >= 11 is 1.08. The fourth-order valence-electron chi connectivity index (χ4n) is 2.75. The van der Waals surface area contributed by atoms with Gasteiger partial charge in [0.15, 0.2) is 0 Å². The van der Waals surface area contributed by atoms with E-state index in [0.29, 0.717) is 6.61 Å². The van der Waals surface area contributed by atoms with Crippen LogP contribution in [0.3, 0.4) is 0 Å². The molecule has 148 valence electrons. The Bertz CT molecular complexity index is 321. The average Bonchev–Trinajstić information content (AvgIpc) is 2.58. The second-order valence-corrected chi connectivity index (χ2v) is 7.69. The standard InChI is InChI=1S/C20H38O4S/c1-2-3-4-5-6-7-8-9-10-11-12-13-14-15-16-24-20(23)18-25-17-19(21)22/h2-18H2,1H3,(H,21,22). The lowest BCUT2D eigenvalue weighted by molar-refractivity contribution is -0.140. The normalized spacial score (nSPS) is 10.8. The minimum Gasteiger partial charge on any atom is -0.481 e. The monoisotopic (exact) mass is 374 g/mol. The molecule has 0 aromatic carbocycles. The van der Waals surface area contributed by atoms with Crippen molar-refractivity contribution in [2.45, 2.75) is 96.8 Å². The molecule has 0 amide bonds. The maximum Gasteiger partial charge on any atom is 0.315 e. The number of carboxylic acids is 1. The van der Waals surface area contributed by atoms with Crippen LogP contribution in [0.2, 0.25) is 0 Å². The molecule has 1 N–H and O–H groups in total. The molecular weight excluding hydrogens is 336 g/mol. The number of unbranched alkanes of at least 4 members (excludes halogenated alkanes) is 13. The average molecular weight is 375 g/mol. The number of thioether (sulfide) groups is 1. The predicted octanol–water partition coefficient (Wildman–Crippen LogP) is 5.83. The number of ether oxygens (including phenoxy) is 1. The minimum atomic E-state index is -0.898. The van der Waals surface area contributed by atoms with Gasteiger partial charge in [0, 0.05) is 0 Å². The molecule has 0 rings (SSSR count). The molecule has 5 heteroatoms. The van der Waals surface area contributed by atoms with E-state index in [-0.39, 0.29) is 17.5 Å². The molecule has 0 atom stereocenters. The molecule has 0 aromatic heterocycles. The van der Waals surface area contributed by atoms with Crippen molar-refractivity contribution in [2.24, 2.45) is 0 Å². The van der Waals surface area contributed by atoms with Gasteiger partial charge in [0.05, 0.1) is 18.1 Å². The summed E-state index contributed by atoms with van der Waals surface area (Å²) < 4.78 is 5.08. The molecule has 0 aliphatic rings. The number of hydrogen-bond donors (Lipinski definition) is 1. The molecule has 25 heavy (non-hydrogen) atoms. The smallest absolute Gasteiger partial charge is 0.315 e. The van der Waals surface area contributed by atoms with Gasteiger partial charge in [0.2, 0.25) is 0 Å². The first-order valence-electron chi connectivity index (χ1n) is 10.1. The molecule has 0 saturated carbocycles. The van der Waals surface area contributed by atoms with Gasteiger partial charge in [-0.2, -0.15) is 0 Å². The van der Waals surface area contributed by atoms with Crippen LogP contribution < -0.4 is 0 Å². The summed E-state index contributed by atoms with van der Waals surface area (Å²) in [7, 11) is 0. The molecule has 0 spiro atoms. The number of rotatable bonds is 19. The predicted molar refractivity (Wildman–Crippen MR) is 106 cm³/mol. The summed E-state index contributed by atoms with van der Waals surface area (Å²) in [6.45, 7) is 2.72. The lowest BCUT2D eigenvalue weighted by Crippen LogP contribution is -2.10. The Morgan fingerprint density at radius 2 is 1.16 bits per heavy atom. The Balaban J connectivity index is 3.11. The van der Waals surface area contributed by atoms with Crippen molar-refractivity contribution in [3.05, 3.63) is 0 Å². The maximum atomic E-state index is 11.3. The third-order valence-corrected chi connectivity index (χ3v) is 5.10. The Kier molecular flexibility index (Phi) is 19.1. The molecule has 0 aliphatic carbocycles. The number of aliphatic carboxylic acids is 1. The minimum absolute atomic E-state index is 0.0477. The van der Waals surface area contributed by atoms with Crippen molar-refractivity contribution in [3.63, 3.8) is 0 Å². The SMILES string of the molecule is CCCCCCCCCCCCCCCCOC(=O)CSCC(=O)O. The van der Waals surface area contributed by atoms with E-state index in [4.69, 9.17) is 9.84 Å². The van der Waals surface area contributed by atoms with Crippen molar-refractivity contribution in [1.82, 2.24) is 0 Å². The molecular formula is C20H38O4S. The highest BCUT2D eigenvalue weighted by Gasteiger charge is 2.05. The van der Waals surface area contributed by atoms with Gasteiger partial charge in [-0.1, -0.05) is 90.4 Å². The van der Waals surface area contributed by atoms with E-state index >= 15 is 0 Å². The van der Waals surface area contributed by atoms with Crippen molar-refractivity contribution in [1.29, 1.82) is 0 Å². The highest BCUT2D eigenvalue weighted by Crippen LogP contribution is 2.13. The first kappa shape index (κ1) is 24.3. The zero-order chi connectivity index (χ0) is 18.6. The summed E-state index contributed by atoms with van der Waals surface area (Å²) in [5, 5.41) is 8.47. The van der Waals surface area contributed by atoms with Crippen molar-refractivity contribution >= 4 is 23.7 Å². The summed E-state index contributed by atoms with van der Waals surface area (Å²) in [4.78, 5) is 21.6. The van der Waals surface area contributed by atoms with Crippen LogP contribution in [-0.2, 0) is 14.3 Å². The van der Waals surface area contributed by atoms with Crippen LogP contribution in [0.5, 0.6) is 0 Å². The van der Waals surface area contributed by atoms with E-state index in [1.165, 1.54) is 77.0 Å². The number of hydrogen-bond acceptors (Lipinski definition) is 4. The molecule has 0 unspecified atom stereocenters. The van der Waals surface area contributed by atoms with Gasteiger partial charge in [0.1, 0.15) is 0 Å². The molecule has 0 fully saturated rings. The Morgan fingerprint density at radius 1 is 0.720 bits per heavy atom. The summed E-state index contributed by atoms with van der Waals surface area (Å²) in [6, 6.07) is 0. The summed E-state index contributed by atoms with van der Waals surface area (Å²) in [6.07, 6.45) is 18.3. The van der Waals surface area contributed by atoms with Gasteiger partial charge in [-0.3, -0.25) is 9.59 Å². The van der Waals surface area contributed by atoms with Gasteiger partial charge in [-0.25, -0.2) is 0 Å². The first-order valence-corrected chi connectivity index (χ1v) is 11.3. The number of esters is 1. The fourth-order valence-corrected chi connectivity index (χ4v) is 3.27. The first-order chi connectivity index (χ1) is 12.2. The van der Waals surface area contributed by atoms with E-state index in [2.05, 4.69) is 6.92 Å². The summed E-state index contributed by atoms with van der Waals surface area (Å²) in [5.74, 6) is -1.12. The molecule has 0 heterocycles. The van der Waals surface area contributed by atoms with E-state index in [1.54, 1.807) is 0 Å². The zero-order valence-corrected chi connectivity index (χ0v) is 16.9. The highest BCUT2D eigenvalue weighted by atomic mass is 32.2. The van der Waals surface area contributed by atoms with Gasteiger partial charge in [-0.15, -0.1) is 11.8 Å². The van der Waals surface area contributed by atoms with Crippen LogP contribution in [0.25, 0.3) is 0 Å². The lowest BCUT2D eigenvalue weighted by Gasteiger charge is -2.05. The largest absolute Gasteiger partial charge is 0.481 e. The van der Waals surface area contributed by atoms with Crippen molar-refractivity contribution in [2.75, 3.05) is 18.1 Å². The van der Waals surface area contributed by atoms with E-state index < -0.39 is 5.97 Å². The second kappa shape index (κ2) is 19.6.